The number of rotatable bonds is 4. The summed E-state index contributed by atoms with van der Waals surface area (Å²) in [6.45, 7) is 1.67. The number of hydrogen-bond acceptors (Lipinski definition) is 3. The zero-order chi connectivity index (χ0) is 15.5. The number of anilines is 1. The van der Waals surface area contributed by atoms with Gasteiger partial charge in [-0.05, 0) is 50.4 Å². The van der Waals surface area contributed by atoms with Crippen LogP contribution in [0.2, 0.25) is 5.02 Å². The van der Waals surface area contributed by atoms with Gasteiger partial charge < -0.3 is 16.0 Å². The van der Waals surface area contributed by atoms with E-state index in [2.05, 4.69) is 16.0 Å². The maximum atomic E-state index is 12.2. The number of benzene rings is 1. The number of hydrogen-bond donors (Lipinski definition) is 3. The van der Waals surface area contributed by atoms with Crippen molar-refractivity contribution in [2.75, 3.05) is 18.4 Å². The fraction of sp³-hybridized carbons (Fsp3) is 0.500. The van der Waals surface area contributed by atoms with Crippen molar-refractivity contribution in [3.05, 3.63) is 28.8 Å². The number of amides is 2. The van der Waals surface area contributed by atoms with Gasteiger partial charge in [0.1, 0.15) is 0 Å². The maximum Gasteiger partial charge on any atom is 0.253 e. The van der Waals surface area contributed by atoms with E-state index in [0.717, 1.165) is 32.2 Å². The van der Waals surface area contributed by atoms with E-state index >= 15 is 0 Å². The molecule has 0 bridgehead atoms. The standard InChI is InChI=1S/C16H20ClN3O2/c17-14-6-5-12(8-13(14)16(22)19-11-3-4-11)20-15(21)10-2-1-7-18-9-10/h5-6,8,10-11,18H,1-4,7,9H2,(H,19,22)(H,20,21). The highest BCUT2D eigenvalue weighted by Crippen LogP contribution is 2.24. The van der Waals surface area contributed by atoms with Gasteiger partial charge >= 0.3 is 0 Å². The summed E-state index contributed by atoms with van der Waals surface area (Å²) in [7, 11) is 0. The van der Waals surface area contributed by atoms with Crippen LogP contribution in [0.15, 0.2) is 18.2 Å². The first kappa shape index (κ1) is 15.3. The third-order valence-electron chi connectivity index (χ3n) is 4.06. The van der Waals surface area contributed by atoms with Crippen LogP contribution in [0, 0.1) is 5.92 Å². The molecule has 1 saturated heterocycles. The van der Waals surface area contributed by atoms with Crippen LogP contribution < -0.4 is 16.0 Å². The van der Waals surface area contributed by atoms with Crippen LogP contribution in [0.25, 0.3) is 0 Å². The van der Waals surface area contributed by atoms with Crippen LogP contribution in [-0.2, 0) is 4.79 Å². The molecule has 5 nitrogen and oxygen atoms in total. The molecule has 0 aromatic heterocycles. The Morgan fingerprint density at radius 2 is 2.05 bits per heavy atom. The van der Waals surface area contributed by atoms with Crippen molar-refractivity contribution in [3.8, 4) is 0 Å². The lowest BCUT2D eigenvalue weighted by molar-refractivity contribution is -0.120. The Bertz CT molecular complexity index is 581. The zero-order valence-corrected chi connectivity index (χ0v) is 13.1. The maximum absolute atomic E-state index is 12.2. The highest BCUT2D eigenvalue weighted by molar-refractivity contribution is 6.34. The molecule has 22 heavy (non-hydrogen) atoms. The summed E-state index contributed by atoms with van der Waals surface area (Å²) in [6.07, 6.45) is 3.94. The summed E-state index contributed by atoms with van der Waals surface area (Å²) in [5.41, 5.74) is 1.02. The number of carbonyl (C=O) groups excluding carboxylic acids is 2. The first-order valence-electron chi connectivity index (χ1n) is 7.75. The molecule has 6 heteroatoms. The summed E-state index contributed by atoms with van der Waals surface area (Å²) in [5, 5.41) is 9.42. The van der Waals surface area contributed by atoms with Gasteiger partial charge in [-0.2, -0.15) is 0 Å². The predicted octanol–water partition coefficient (Wildman–Crippen LogP) is 2.17. The van der Waals surface area contributed by atoms with Gasteiger partial charge in [-0.3, -0.25) is 9.59 Å². The molecule has 2 amide bonds. The van der Waals surface area contributed by atoms with Crippen molar-refractivity contribution in [2.24, 2.45) is 5.92 Å². The Morgan fingerprint density at radius 1 is 1.23 bits per heavy atom. The lowest BCUT2D eigenvalue weighted by Crippen LogP contribution is -2.37. The second-order valence-electron chi connectivity index (χ2n) is 5.97. The van der Waals surface area contributed by atoms with E-state index in [0.29, 0.717) is 22.8 Å². The van der Waals surface area contributed by atoms with Gasteiger partial charge in [0.25, 0.3) is 5.91 Å². The fourth-order valence-corrected chi connectivity index (χ4v) is 2.79. The average Bonchev–Trinajstić information content (AvgIpc) is 3.34. The topological polar surface area (TPSA) is 70.2 Å². The molecule has 1 aliphatic carbocycles. The largest absolute Gasteiger partial charge is 0.349 e. The van der Waals surface area contributed by atoms with Gasteiger partial charge in [0.05, 0.1) is 16.5 Å². The predicted molar refractivity (Wildman–Crippen MR) is 86.2 cm³/mol. The van der Waals surface area contributed by atoms with Gasteiger partial charge in [0.2, 0.25) is 5.91 Å². The summed E-state index contributed by atoms with van der Waals surface area (Å²) < 4.78 is 0. The second-order valence-corrected chi connectivity index (χ2v) is 6.38. The number of piperidine rings is 1. The average molecular weight is 322 g/mol. The zero-order valence-electron chi connectivity index (χ0n) is 12.3. The number of halogens is 1. The highest BCUT2D eigenvalue weighted by Gasteiger charge is 2.25. The number of nitrogens with one attached hydrogen (secondary N) is 3. The lowest BCUT2D eigenvalue weighted by atomic mass is 9.98. The minimum Gasteiger partial charge on any atom is -0.349 e. The van der Waals surface area contributed by atoms with E-state index in [4.69, 9.17) is 11.6 Å². The van der Waals surface area contributed by atoms with Gasteiger partial charge in [0.15, 0.2) is 0 Å². The monoisotopic (exact) mass is 321 g/mol. The van der Waals surface area contributed by atoms with Crippen LogP contribution in [0.5, 0.6) is 0 Å². The Morgan fingerprint density at radius 3 is 2.73 bits per heavy atom. The van der Waals surface area contributed by atoms with Gasteiger partial charge in [-0.1, -0.05) is 11.6 Å². The van der Waals surface area contributed by atoms with Gasteiger partial charge in [-0.15, -0.1) is 0 Å². The third kappa shape index (κ3) is 3.78. The summed E-state index contributed by atoms with van der Waals surface area (Å²) in [4.78, 5) is 24.4. The number of carbonyl (C=O) groups is 2. The Labute approximate surface area is 134 Å². The van der Waals surface area contributed by atoms with Crippen molar-refractivity contribution in [1.82, 2.24) is 10.6 Å². The van der Waals surface area contributed by atoms with Crippen molar-refractivity contribution in [2.45, 2.75) is 31.7 Å². The third-order valence-corrected chi connectivity index (χ3v) is 4.39. The normalized spacial score (nSPS) is 21.2. The first-order valence-corrected chi connectivity index (χ1v) is 8.13. The molecular formula is C16H20ClN3O2. The molecule has 1 heterocycles. The second kappa shape index (κ2) is 6.67. The molecule has 1 aromatic rings. The summed E-state index contributed by atoms with van der Waals surface area (Å²) in [5.74, 6) is -0.209. The molecule has 1 unspecified atom stereocenters. The highest BCUT2D eigenvalue weighted by atomic mass is 35.5. The minimum atomic E-state index is -0.178. The molecule has 2 aliphatic rings. The first-order chi connectivity index (χ1) is 10.6. The Kier molecular flexibility index (Phi) is 4.64. The van der Waals surface area contributed by atoms with E-state index in [-0.39, 0.29) is 23.8 Å². The van der Waals surface area contributed by atoms with Crippen LogP contribution >= 0.6 is 11.6 Å². The lowest BCUT2D eigenvalue weighted by Gasteiger charge is -2.22. The molecule has 1 aromatic carbocycles. The van der Waals surface area contributed by atoms with Crippen molar-refractivity contribution in [1.29, 1.82) is 0 Å². The van der Waals surface area contributed by atoms with Crippen LogP contribution in [0.3, 0.4) is 0 Å². The Hall–Kier alpha value is -1.59. The quantitative estimate of drug-likeness (QED) is 0.796. The van der Waals surface area contributed by atoms with Crippen LogP contribution in [-0.4, -0.2) is 30.9 Å². The van der Waals surface area contributed by atoms with Crippen molar-refractivity contribution >= 4 is 29.1 Å². The smallest absolute Gasteiger partial charge is 0.253 e. The van der Waals surface area contributed by atoms with Gasteiger partial charge in [-0.25, -0.2) is 0 Å². The molecule has 3 N–H and O–H groups in total. The molecule has 2 fully saturated rings. The Balaban J connectivity index is 1.67. The van der Waals surface area contributed by atoms with E-state index in [9.17, 15) is 9.59 Å². The molecular weight excluding hydrogens is 302 g/mol. The molecule has 1 saturated carbocycles. The van der Waals surface area contributed by atoms with Crippen LogP contribution in [0.4, 0.5) is 5.69 Å². The minimum absolute atomic E-state index is 0.0110. The fourth-order valence-electron chi connectivity index (χ4n) is 2.59. The van der Waals surface area contributed by atoms with Crippen LogP contribution in [0.1, 0.15) is 36.0 Å². The van der Waals surface area contributed by atoms with E-state index < -0.39 is 0 Å². The molecule has 1 atom stereocenters. The van der Waals surface area contributed by atoms with Gasteiger partial charge in [0, 0.05) is 18.3 Å². The summed E-state index contributed by atoms with van der Waals surface area (Å²) in [6, 6.07) is 5.30. The van der Waals surface area contributed by atoms with Crippen molar-refractivity contribution in [3.63, 3.8) is 0 Å². The molecule has 3 rings (SSSR count). The molecule has 0 spiro atoms. The van der Waals surface area contributed by atoms with E-state index in [1.54, 1.807) is 18.2 Å². The SMILES string of the molecule is O=C(NC1CC1)c1cc(NC(=O)C2CCCNC2)ccc1Cl. The summed E-state index contributed by atoms with van der Waals surface area (Å²) >= 11 is 6.10. The van der Waals surface area contributed by atoms with E-state index in [1.807, 2.05) is 0 Å². The van der Waals surface area contributed by atoms with E-state index in [1.165, 1.54) is 0 Å². The molecule has 0 radical (unpaired) electrons. The molecule has 1 aliphatic heterocycles. The molecule has 118 valence electrons. The van der Waals surface area contributed by atoms with Crippen molar-refractivity contribution < 1.29 is 9.59 Å².